The van der Waals surface area contributed by atoms with Gasteiger partial charge in [0.05, 0.1) is 18.4 Å². The Bertz CT molecular complexity index is 635. The highest BCUT2D eigenvalue weighted by molar-refractivity contribution is 5.38. The van der Waals surface area contributed by atoms with E-state index in [2.05, 4.69) is 10.4 Å². The van der Waals surface area contributed by atoms with Gasteiger partial charge >= 0.3 is 0 Å². The van der Waals surface area contributed by atoms with Crippen molar-refractivity contribution in [2.75, 3.05) is 18.5 Å². The van der Waals surface area contributed by atoms with Gasteiger partial charge in [-0.3, -0.25) is 4.79 Å². The predicted octanol–water partition coefficient (Wildman–Crippen LogP) is 2.14. The number of benzene rings is 1. The van der Waals surface area contributed by atoms with Crippen molar-refractivity contribution in [3.05, 3.63) is 52.9 Å². The third-order valence-corrected chi connectivity index (χ3v) is 3.48. The zero-order chi connectivity index (χ0) is 14.5. The summed E-state index contributed by atoms with van der Waals surface area (Å²) in [6.45, 7) is 1.80. The molecule has 1 aromatic heterocycles. The van der Waals surface area contributed by atoms with Crippen LogP contribution in [0.3, 0.4) is 0 Å². The summed E-state index contributed by atoms with van der Waals surface area (Å²) < 4.78 is 6.99. The number of nitrogens with zero attached hydrogens (tertiary/aromatic N) is 2. The van der Waals surface area contributed by atoms with Crippen LogP contribution in [0.2, 0.25) is 0 Å². The van der Waals surface area contributed by atoms with Crippen LogP contribution < -0.4 is 15.6 Å². The molecule has 5 nitrogen and oxygen atoms in total. The zero-order valence-corrected chi connectivity index (χ0v) is 11.9. The smallest absolute Gasteiger partial charge is 0.268 e. The van der Waals surface area contributed by atoms with Gasteiger partial charge in [0.2, 0.25) is 0 Å². The third-order valence-electron chi connectivity index (χ3n) is 3.48. The highest BCUT2D eigenvalue weighted by atomic mass is 16.5. The fourth-order valence-corrected chi connectivity index (χ4v) is 2.05. The number of anilines is 1. The molecule has 1 aliphatic carbocycles. The van der Waals surface area contributed by atoms with Crippen LogP contribution in [0.5, 0.6) is 5.75 Å². The lowest BCUT2D eigenvalue weighted by Crippen LogP contribution is -2.25. The minimum absolute atomic E-state index is 0.104. The number of hydrogen-bond acceptors (Lipinski definition) is 4. The van der Waals surface area contributed by atoms with Crippen LogP contribution in [0.15, 0.2) is 47.4 Å². The molecule has 0 atom stereocenters. The number of hydrogen-bond donors (Lipinski definition) is 1. The average molecular weight is 285 g/mol. The number of aromatic nitrogens is 2. The molecule has 0 aliphatic heterocycles. The normalized spacial score (nSPS) is 13.9. The molecule has 1 saturated carbocycles. The molecule has 3 rings (SSSR count). The molecule has 1 heterocycles. The lowest BCUT2D eigenvalue weighted by atomic mass is 10.3. The van der Waals surface area contributed by atoms with Gasteiger partial charge in [-0.05, 0) is 30.9 Å². The lowest BCUT2D eigenvalue weighted by molar-refractivity contribution is 0.288. The second-order valence-electron chi connectivity index (χ2n) is 5.29. The lowest BCUT2D eigenvalue weighted by Gasteiger charge is -2.09. The first-order valence-electron chi connectivity index (χ1n) is 7.30. The van der Waals surface area contributed by atoms with Gasteiger partial charge in [-0.15, -0.1) is 0 Å². The van der Waals surface area contributed by atoms with Gasteiger partial charge < -0.3 is 10.1 Å². The van der Waals surface area contributed by atoms with E-state index in [1.807, 2.05) is 30.3 Å². The van der Waals surface area contributed by atoms with Crippen molar-refractivity contribution in [3.63, 3.8) is 0 Å². The van der Waals surface area contributed by atoms with Gasteiger partial charge in [0.25, 0.3) is 5.56 Å². The van der Waals surface area contributed by atoms with Gasteiger partial charge in [-0.1, -0.05) is 18.2 Å². The summed E-state index contributed by atoms with van der Waals surface area (Å²) in [6, 6.07) is 11.1. The van der Waals surface area contributed by atoms with Crippen molar-refractivity contribution in [1.29, 1.82) is 0 Å². The van der Waals surface area contributed by atoms with E-state index in [0.717, 1.165) is 23.9 Å². The van der Waals surface area contributed by atoms with Crippen molar-refractivity contribution >= 4 is 5.69 Å². The summed E-state index contributed by atoms with van der Waals surface area (Å²) in [5.74, 6) is 1.57. The van der Waals surface area contributed by atoms with Crippen LogP contribution >= 0.6 is 0 Å². The first-order chi connectivity index (χ1) is 10.3. The summed E-state index contributed by atoms with van der Waals surface area (Å²) in [7, 11) is 0. The maximum atomic E-state index is 11.9. The molecule has 0 spiro atoms. The molecule has 0 amide bonds. The van der Waals surface area contributed by atoms with E-state index < -0.39 is 0 Å². The maximum Gasteiger partial charge on any atom is 0.268 e. The Labute approximate surface area is 123 Å². The Balaban J connectivity index is 1.51. The molecule has 0 bridgehead atoms. The molecule has 21 heavy (non-hydrogen) atoms. The van der Waals surface area contributed by atoms with E-state index in [1.165, 1.54) is 17.5 Å². The predicted molar refractivity (Wildman–Crippen MR) is 81.6 cm³/mol. The minimum atomic E-state index is -0.104. The molecular weight excluding hydrogens is 266 g/mol. The Hall–Kier alpha value is -2.30. The fraction of sp³-hybridized carbons (Fsp3) is 0.375. The topological polar surface area (TPSA) is 56.2 Å². The fourth-order valence-electron chi connectivity index (χ4n) is 2.05. The van der Waals surface area contributed by atoms with E-state index in [0.29, 0.717) is 13.2 Å². The average Bonchev–Trinajstić information content (AvgIpc) is 3.32. The number of para-hydroxylation sites is 1. The summed E-state index contributed by atoms with van der Waals surface area (Å²) in [5.41, 5.74) is 0.694. The van der Waals surface area contributed by atoms with E-state index in [1.54, 1.807) is 12.3 Å². The van der Waals surface area contributed by atoms with E-state index in [-0.39, 0.29) is 5.56 Å². The first kappa shape index (κ1) is 13.7. The van der Waals surface area contributed by atoms with Crippen molar-refractivity contribution in [1.82, 2.24) is 9.78 Å². The molecule has 1 aliphatic rings. The highest BCUT2D eigenvalue weighted by Crippen LogP contribution is 2.28. The number of rotatable bonds is 7. The van der Waals surface area contributed by atoms with E-state index >= 15 is 0 Å². The van der Waals surface area contributed by atoms with Crippen LogP contribution in [0.1, 0.15) is 12.8 Å². The first-order valence-corrected chi connectivity index (χ1v) is 7.30. The highest BCUT2D eigenvalue weighted by Gasteiger charge is 2.20. The van der Waals surface area contributed by atoms with Gasteiger partial charge in [0, 0.05) is 12.6 Å². The SMILES string of the molecule is O=c1cc(NCC2CC2)cnn1CCOc1ccccc1. The second-order valence-corrected chi connectivity index (χ2v) is 5.29. The molecule has 110 valence electrons. The maximum absolute atomic E-state index is 11.9. The van der Waals surface area contributed by atoms with Crippen LogP contribution in [0.25, 0.3) is 0 Å². The standard InChI is InChI=1S/C16H19N3O2/c20-16-10-14(17-11-13-6-7-13)12-18-19(16)8-9-21-15-4-2-1-3-5-15/h1-5,10,12-13,17H,6-9,11H2. The van der Waals surface area contributed by atoms with Gasteiger partial charge in [-0.2, -0.15) is 5.10 Å². The van der Waals surface area contributed by atoms with Gasteiger partial charge in [0.1, 0.15) is 12.4 Å². The van der Waals surface area contributed by atoms with Crippen LogP contribution in [-0.2, 0) is 6.54 Å². The number of nitrogens with one attached hydrogen (secondary N) is 1. The molecule has 1 N–H and O–H groups in total. The van der Waals surface area contributed by atoms with Crippen LogP contribution in [-0.4, -0.2) is 22.9 Å². The zero-order valence-electron chi connectivity index (χ0n) is 11.9. The molecule has 2 aromatic rings. The summed E-state index contributed by atoms with van der Waals surface area (Å²) in [4.78, 5) is 11.9. The second kappa shape index (κ2) is 6.43. The minimum Gasteiger partial charge on any atom is -0.492 e. The molecule has 0 radical (unpaired) electrons. The van der Waals surface area contributed by atoms with Crippen LogP contribution in [0.4, 0.5) is 5.69 Å². The van der Waals surface area contributed by atoms with E-state index in [4.69, 9.17) is 4.74 Å². The van der Waals surface area contributed by atoms with E-state index in [9.17, 15) is 4.79 Å². The monoisotopic (exact) mass is 285 g/mol. The Morgan fingerprint density at radius 3 is 2.81 bits per heavy atom. The molecule has 0 saturated heterocycles. The van der Waals surface area contributed by atoms with Gasteiger partial charge in [0.15, 0.2) is 0 Å². The van der Waals surface area contributed by atoms with Crippen molar-refractivity contribution in [3.8, 4) is 5.75 Å². The molecule has 0 unspecified atom stereocenters. The summed E-state index contributed by atoms with van der Waals surface area (Å²) >= 11 is 0. The number of ether oxygens (including phenoxy) is 1. The quantitative estimate of drug-likeness (QED) is 0.847. The molecule has 1 aromatic carbocycles. The van der Waals surface area contributed by atoms with Crippen molar-refractivity contribution in [2.24, 2.45) is 5.92 Å². The Morgan fingerprint density at radius 1 is 1.29 bits per heavy atom. The van der Waals surface area contributed by atoms with Crippen molar-refractivity contribution in [2.45, 2.75) is 19.4 Å². The summed E-state index contributed by atoms with van der Waals surface area (Å²) in [5, 5.41) is 7.42. The molecular formula is C16H19N3O2. The Kier molecular flexibility index (Phi) is 4.19. The Morgan fingerprint density at radius 2 is 2.10 bits per heavy atom. The van der Waals surface area contributed by atoms with Gasteiger partial charge in [-0.25, -0.2) is 4.68 Å². The van der Waals surface area contributed by atoms with Crippen molar-refractivity contribution < 1.29 is 4.74 Å². The molecule has 1 fully saturated rings. The largest absolute Gasteiger partial charge is 0.492 e. The van der Waals surface area contributed by atoms with Crippen LogP contribution in [0, 0.1) is 5.92 Å². The third kappa shape index (κ3) is 4.08. The molecule has 5 heteroatoms. The summed E-state index contributed by atoms with van der Waals surface area (Å²) in [6.07, 6.45) is 4.27.